The van der Waals surface area contributed by atoms with Crippen LogP contribution in [0.25, 0.3) is 0 Å². The molecule has 1 heterocycles. The monoisotopic (exact) mass is 463 g/mol. The smallest absolute Gasteiger partial charge is 0.329 e. The Hall–Kier alpha value is -3.04. The van der Waals surface area contributed by atoms with E-state index in [1.165, 1.54) is 24.3 Å². The predicted molar refractivity (Wildman–Crippen MR) is 112 cm³/mol. The lowest BCUT2D eigenvalue weighted by atomic mass is 10.1. The molecule has 1 aliphatic heterocycles. The van der Waals surface area contributed by atoms with E-state index in [4.69, 9.17) is 16.3 Å². The number of sulfone groups is 1. The van der Waals surface area contributed by atoms with Crippen molar-refractivity contribution in [1.82, 2.24) is 4.90 Å². The number of rotatable bonds is 8. The van der Waals surface area contributed by atoms with Crippen molar-refractivity contribution in [3.8, 4) is 0 Å². The number of ether oxygens (including phenoxy) is 1. The number of Topliss-reactive ketones (excluding diaryl/α,β-unsaturated/α-hetero) is 1. The van der Waals surface area contributed by atoms with Crippen molar-refractivity contribution in [1.29, 1.82) is 0 Å². The first-order valence-corrected chi connectivity index (χ1v) is 11.6. The van der Waals surface area contributed by atoms with E-state index in [0.29, 0.717) is 4.90 Å². The van der Waals surface area contributed by atoms with E-state index in [1.54, 1.807) is 24.3 Å². The molecule has 2 aromatic carbocycles. The number of benzene rings is 2. The number of ketones is 1. The molecule has 0 radical (unpaired) electrons. The molecule has 1 atom stereocenters. The van der Waals surface area contributed by atoms with Gasteiger partial charge in [-0.3, -0.25) is 19.3 Å². The van der Waals surface area contributed by atoms with Crippen LogP contribution >= 0.6 is 11.6 Å². The minimum Gasteiger partial charge on any atom is -0.456 e. The molecule has 3 rings (SSSR count). The van der Waals surface area contributed by atoms with E-state index in [-0.39, 0.29) is 28.1 Å². The first-order valence-electron chi connectivity index (χ1n) is 9.19. The van der Waals surface area contributed by atoms with E-state index >= 15 is 0 Å². The summed E-state index contributed by atoms with van der Waals surface area (Å²) in [6.45, 7) is -0.679. The van der Waals surface area contributed by atoms with E-state index in [0.717, 1.165) is 6.26 Å². The highest BCUT2D eigenvalue weighted by Gasteiger charge is 2.43. The first kappa shape index (κ1) is 22.6. The van der Waals surface area contributed by atoms with Gasteiger partial charge in [0.2, 0.25) is 5.78 Å². The van der Waals surface area contributed by atoms with Crippen molar-refractivity contribution in [2.45, 2.75) is 12.5 Å². The van der Waals surface area contributed by atoms with Crippen LogP contribution in [0.1, 0.15) is 37.5 Å². The zero-order valence-corrected chi connectivity index (χ0v) is 18.0. The summed E-state index contributed by atoms with van der Waals surface area (Å²) in [6.07, 6.45) is 0.613. The van der Waals surface area contributed by atoms with Gasteiger partial charge < -0.3 is 4.74 Å². The summed E-state index contributed by atoms with van der Waals surface area (Å²) < 4.78 is 28.3. The zero-order chi connectivity index (χ0) is 22.8. The van der Waals surface area contributed by atoms with Crippen LogP contribution in [0.15, 0.2) is 48.5 Å². The highest BCUT2D eigenvalue weighted by Crippen LogP contribution is 2.26. The predicted octanol–water partition coefficient (Wildman–Crippen LogP) is 2.17. The van der Waals surface area contributed by atoms with Gasteiger partial charge in [0.1, 0.15) is 15.9 Å². The van der Waals surface area contributed by atoms with Crippen LogP contribution in [0, 0.1) is 0 Å². The van der Waals surface area contributed by atoms with Gasteiger partial charge in [0.25, 0.3) is 11.8 Å². The van der Waals surface area contributed by atoms with Gasteiger partial charge in [0.05, 0.1) is 21.9 Å². The number of hydrogen-bond donors (Lipinski definition) is 0. The van der Waals surface area contributed by atoms with Crippen LogP contribution in [0.3, 0.4) is 0 Å². The highest BCUT2D eigenvalue weighted by atomic mass is 35.5. The molecule has 8 nitrogen and oxygen atoms in total. The molecule has 0 unspecified atom stereocenters. The van der Waals surface area contributed by atoms with Gasteiger partial charge in [0.15, 0.2) is 6.61 Å². The van der Waals surface area contributed by atoms with Crippen molar-refractivity contribution in [2.24, 2.45) is 0 Å². The fourth-order valence-corrected chi connectivity index (χ4v) is 4.06. The highest BCUT2D eigenvalue weighted by molar-refractivity contribution is 7.90. The average molecular weight is 464 g/mol. The summed E-state index contributed by atoms with van der Waals surface area (Å²) in [7, 11) is -3.51. The van der Waals surface area contributed by atoms with Crippen LogP contribution in [0.5, 0.6) is 0 Å². The third-order valence-electron chi connectivity index (χ3n) is 4.69. The number of nitrogens with zero attached hydrogens (tertiary/aromatic N) is 1. The molecular formula is C21H18ClNO7S. The number of carbonyl (C=O) groups excluding carboxylic acids is 4. The molecule has 0 N–H and O–H groups in total. The molecule has 0 aromatic heterocycles. The second kappa shape index (κ2) is 8.99. The summed E-state index contributed by atoms with van der Waals surface area (Å²) in [5.41, 5.74) is 0.360. The van der Waals surface area contributed by atoms with Crippen LogP contribution < -0.4 is 0 Å². The molecule has 2 aromatic rings. The molecule has 0 aliphatic carbocycles. The molecule has 0 fully saturated rings. The quantitative estimate of drug-likeness (QED) is 0.334. The number of hydrogen-bond acceptors (Lipinski definition) is 7. The van der Waals surface area contributed by atoms with E-state index in [1.807, 2.05) is 0 Å². The maximum absolute atomic E-state index is 12.8. The Morgan fingerprint density at radius 2 is 1.55 bits per heavy atom. The van der Waals surface area contributed by atoms with E-state index < -0.39 is 51.8 Å². The van der Waals surface area contributed by atoms with Crippen LogP contribution in [0.4, 0.5) is 0 Å². The molecular weight excluding hydrogens is 446 g/mol. The van der Waals surface area contributed by atoms with Gasteiger partial charge in [0, 0.05) is 11.8 Å². The lowest BCUT2D eigenvalue weighted by molar-refractivity contribution is -0.147. The molecule has 0 spiro atoms. The fourth-order valence-electron chi connectivity index (χ4n) is 3.17. The van der Waals surface area contributed by atoms with Gasteiger partial charge in [-0.05, 0) is 30.7 Å². The number of amides is 2. The second-order valence-electron chi connectivity index (χ2n) is 6.97. The largest absolute Gasteiger partial charge is 0.456 e. The van der Waals surface area contributed by atoms with Crippen molar-refractivity contribution in [2.75, 3.05) is 18.6 Å². The normalized spacial score (nSPS) is 14.3. The van der Waals surface area contributed by atoms with Gasteiger partial charge >= 0.3 is 5.97 Å². The lowest BCUT2D eigenvalue weighted by Crippen LogP contribution is -2.46. The Labute approximate surface area is 183 Å². The Morgan fingerprint density at radius 1 is 1.00 bits per heavy atom. The number of carbonyl (C=O) groups is 4. The number of esters is 1. The molecule has 0 saturated heterocycles. The summed E-state index contributed by atoms with van der Waals surface area (Å²) >= 11 is 5.96. The third-order valence-corrected chi connectivity index (χ3v) is 6.00. The topological polar surface area (TPSA) is 115 Å². The molecule has 10 heteroatoms. The lowest BCUT2D eigenvalue weighted by Gasteiger charge is -2.24. The third kappa shape index (κ3) is 5.00. The summed E-state index contributed by atoms with van der Waals surface area (Å²) in [4.78, 5) is 51.3. The van der Waals surface area contributed by atoms with Gasteiger partial charge in [-0.25, -0.2) is 13.2 Å². The molecule has 0 saturated carbocycles. The average Bonchev–Trinajstić information content (AvgIpc) is 2.97. The standard InChI is InChI=1S/C21H18ClNO7S/c1-31(28,29)11-10-17(23-19(25)13-6-2-3-7-14(13)20(23)26)21(27)30-12-18(24)15-8-4-5-9-16(15)22/h2-9,17H,10-12H2,1H3/t17-/m1/s1. The zero-order valence-electron chi connectivity index (χ0n) is 16.4. The number of halogens is 1. The fraction of sp³-hybridized carbons (Fsp3) is 0.238. The van der Waals surface area contributed by atoms with Crippen molar-refractivity contribution < 1.29 is 32.3 Å². The number of fused-ring (bicyclic) bond motifs is 1. The van der Waals surface area contributed by atoms with Crippen LogP contribution in [0.2, 0.25) is 5.02 Å². The molecule has 162 valence electrons. The SMILES string of the molecule is CS(=O)(=O)CC[C@H](C(=O)OCC(=O)c1ccccc1Cl)N1C(=O)c2ccccc2C1=O. The molecule has 31 heavy (non-hydrogen) atoms. The molecule has 1 aliphatic rings. The minimum absolute atomic E-state index is 0.108. The maximum atomic E-state index is 12.8. The first-order chi connectivity index (χ1) is 14.6. The Bertz CT molecular complexity index is 1140. The van der Waals surface area contributed by atoms with Crippen molar-refractivity contribution >= 4 is 45.0 Å². The van der Waals surface area contributed by atoms with Crippen LogP contribution in [-0.4, -0.2) is 61.5 Å². The van der Waals surface area contributed by atoms with Crippen molar-refractivity contribution in [3.63, 3.8) is 0 Å². The maximum Gasteiger partial charge on any atom is 0.329 e. The van der Waals surface area contributed by atoms with E-state index in [2.05, 4.69) is 0 Å². The second-order valence-corrected chi connectivity index (χ2v) is 9.64. The van der Waals surface area contributed by atoms with E-state index in [9.17, 15) is 27.6 Å². The Kier molecular flexibility index (Phi) is 6.56. The summed E-state index contributed by atoms with van der Waals surface area (Å²) in [5, 5.41) is 0.178. The summed E-state index contributed by atoms with van der Waals surface area (Å²) in [6, 6.07) is 10.7. The Morgan fingerprint density at radius 3 is 2.10 bits per heavy atom. The number of imide groups is 1. The van der Waals surface area contributed by atoms with Crippen molar-refractivity contribution in [3.05, 3.63) is 70.2 Å². The van der Waals surface area contributed by atoms with Gasteiger partial charge in [-0.15, -0.1) is 0 Å². The minimum atomic E-state index is -3.51. The van der Waals surface area contributed by atoms with Gasteiger partial charge in [-0.2, -0.15) is 0 Å². The Balaban J connectivity index is 1.81. The van der Waals surface area contributed by atoms with Gasteiger partial charge in [-0.1, -0.05) is 35.9 Å². The molecule has 2 amide bonds. The van der Waals surface area contributed by atoms with Crippen LogP contribution in [-0.2, 0) is 19.4 Å². The molecule has 0 bridgehead atoms. The summed E-state index contributed by atoms with van der Waals surface area (Å²) in [5.74, 6) is -3.55.